The van der Waals surface area contributed by atoms with Gasteiger partial charge in [-0.15, -0.1) is 0 Å². The lowest BCUT2D eigenvalue weighted by molar-refractivity contribution is 0.373. The third kappa shape index (κ3) is 1.13. The van der Waals surface area contributed by atoms with E-state index in [9.17, 15) is 0 Å². The Labute approximate surface area is 53.7 Å². The van der Waals surface area contributed by atoms with Crippen LogP contribution in [0.4, 0.5) is 0 Å². The van der Waals surface area contributed by atoms with E-state index >= 15 is 0 Å². The Hall–Kier alpha value is -1.18. The van der Waals surface area contributed by atoms with Gasteiger partial charge in [0.05, 0.1) is 7.11 Å². The molecule has 9 heavy (non-hydrogen) atoms. The summed E-state index contributed by atoms with van der Waals surface area (Å²) in [6.07, 6.45) is 0. The highest BCUT2D eigenvalue weighted by Gasteiger charge is 1.94. The van der Waals surface area contributed by atoms with Crippen LogP contribution < -0.4 is 4.74 Å². The van der Waals surface area contributed by atoms with Crippen molar-refractivity contribution < 1.29 is 9.84 Å². The van der Waals surface area contributed by atoms with E-state index in [4.69, 9.17) is 9.84 Å². The molecule has 0 radical (unpaired) electrons. The first-order valence-corrected chi connectivity index (χ1v) is 2.66. The molecule has 1 aromatic carbocycles. The fourth-order valence-electron chi connectivity index (χ4n) is 0.630. The molecule has 0 aromatic heterocycles. The Bertz CT molecular complexity index is 196. The molecule has 1 rings (SSSR count). The minimum absolute atomic E-state index is 0.181. The number of methoxy groups -OCH3 is 1. The van der Waals surface area contributed by atoms with Crippen LogP contribution in [0, 0.1) is 0 Å². The monoisotopic (exact) mass is 125 g/mol. The first kappa shape index (κ1) is 5.95. The van der Waals surface area contributed by atoms with E-state index in [1.54, 1.807) is 24.3 Å². The van der Waals surface area contributed by atoms with Crippen molar-refractivity contribution in [2.24, 2.45) is 0 Å². The van der Waals surface area contributed by atoms with Crippen molar-refractivity contribution in [3.05, 3.63) is 24.3 Å². The second-order valence-electron chi connectivity index (χ2n) is 1.67. The van der Waals surface area contributed by atoms with E-state index in [-0.39, 0.29) is 5.75 Å². The molecular weight excluding hydrogens is 117 g/mol. The Balaban J connectivity index is 3.01. The molecule has 0 fully saturated rings. The van der Waals surface area contributed by atoms with Gasteiger partial charge in [0.25, 0.3) is 0 Å². The summed E-state index contributed by atoms with van der Waals surface area (Å²) < 4.78 is 4.79. The summed E-state index contributed by atoms with van der Waals surface area (Å²) in [5.74, 6) is 0.692. The highest BCUT2D eigenvalue weighted by molar-refractivity contribution is 5.37. The van der Waals surface area contributed by atoms with Crippen LogP contribution in [0.5, 0.6) is 11.5 Å². The molecule has 0 aliphatic carbocycles. The lowest BCUT2D eigenvalue weighted by atomic mass is 10.3. The maximum atomic E-state index is 8.99. The summed E-state index contributed by atoms with van der Waals surface area (Å²) >= 11 is 0. The number of hydrogen-bond donors (Lipinski definition) is 1. The molecular formula is C7H8O2. The van der Waals surface area contributed by atoms with E-state index < -0.39 is 0 Å². The zero-order valence-electron chi connectivity index (χ0n) is 5.16. The number of para-hydroxylation sites is 2. The van der Waals surface area contributed by atoms with Crippen LogP contribution in [0.1, 0.15) is 0 Å². The van der Waals surface area contributed by atoms with Gasteiger partial charge in [-0.1, -0.05) is 12.1 Å². The molecule has 0 saturated carbocycles. The van der Waals surface area contributed by atoms with Gasteiger partial charge in [0.1, 0.15) is 0 Å². The molecule has 0 amide bonds. The van der Waals surface area contributed by atoms with Gasteiger partial charge in [0.2, 0.25) is 0 Å². The van der Waals surface area contributed by atoms with Crippen molar-refractivity contribution in [2.45, 2.75) is 0 Å². The summed E-state index contributed by atoms with van der Waals surface area (Å²) in [7, 11) is 1.52. The Morgan fingerprint density at radius 2 is 2.00 bits per heavy atom. The van der Waals surface area contributed by atoms with Crippen molar-refractivity contribution in [3.8, 4) is 11.5 Å². The highest BCUT2D eigenvalue weighted by atomic mass is 16.5. The average Bonchev–Trinajstić information content (AvgIpc) is 1.89. The van der Waals surface area contributed by atoms with Crippen molar-refractivity contribution in [3.63, 3.8) is 0 Å². The highest BCUT2D eigenvalue weighted by Crippen LogP contribution is 2.22. The van der Waals surface area contributed by atoms with Gasteiger partial charge in [-0.25, -0.2) is 0 Å². The van der Waals surface area contributed by atoms with E-state index in [0.29, 0.717) is 5.75 Å². The van der Waals surface area contributed by atoms with Crippen LogP contribution in [0.15, 0.2) is 24.3 Å². The van der Waals surface area contributed by atoms with E-state index in [1.807, 2.05) is 0 Å². The lowest BCUT2D eigenvalue weighted by Crippen LogP contribution is -1.80. The molecule has 1 N–H and O–H groups in total. The molecule has 0 unspecified atom stereocenters. The van der Waals surface area contributed by atoms with Crippen LogP contribution in [-0.2, 0) is 0 Å². The SMILES string of the molecule is [13CH3]Oc1ccccc1O. The van der Waals surface area contributed by atoms with Crippen LogP contribution in [0.2, 0.25) is 0 Å². The Morgan fingerprint density at radius 1 is 1.33 bits per heavy atom. The molecule has 0 aliphatic rings. The predicted molar refractivity (Wildman–Crippen MR) is 34.7 cm³/mol. The van der Waals surface area contributed by atoms with Gasteiger partial charge in [-0.2, -0.15) is 0 Å². The van der Waals surface area contributed by atoms with Crippen LogP contribution in [-0.4, -0.2) is 12.2 Å². The second-order valence-corrected chi connectivity index (χ2v) is 1.67. The van der Waals surface area contributed by atoms with E-state index in [2.05, 4.69) is 0 Å². The summed E-state index contributed by atoms with van der Waals surface area (Å²) in [6.45, 7) is 0. The summed E-state index contributed by atoms with van der Waals surface area (Å²) in [5.41, 5.74) is 0. The van der Waals surface area contributed by atoms with Crippen LogP contribution in [0.25, 0.3) is 0 Å². The molecule has 0 bridgehead atoms. The number of rotatable bonds is 1. The molecule has 0 aliphatic heterocycles. The molecule has 2 nitrogen and oxygen atoms in total. The lowest BCUT2D eigenvalue weighted by Gasteiger charge is -1.99. The van der Waals surface area contributed by atoms with Crippen LogP contribution in [0.3, 0.4) is 0 Å². The molecule has 2 heteroatoms. The van der Waals surface area contributed by atoms with Gasteiger partial charge >= 0.3 is 0 Å². The Kier molecular flexibility index (Phi) is 1.58. The number of benzene rings is 1. The molecule has 0 spiro atoms. The van der Waals surface area contributed by atoms with Gasteiger partial charge < -0.3 is 9.84 Å². The summed E-state index contributed by atoms with van der Waals surface area (Å²) in [5, 5.41) is 8.99. The van der Waals surface area contributed by atoms with Gasteiger partial charge in [0, 0.05) is 0 Å². The van der Waals surface area contributed by atoms with Crippen molar-refractivity contribution >= 4 is 0 Å². The molecule has 1 aromatic rings. The average molecular weight is 125 g/mol. The minimum atomic E-state index is 0.181. The smallest absolute Gasteiger partial charge is 0.160 e. The predicted octanol–water partition coefficient (Wildman–Crippen LogP) is 1.40. The quantitative estimate of drug-likeness (QED) is 0.575. The first-order chi connectivity index (χ1) is 4.34. The molecule has 0 atom stereocenters. The van der Waals surface area contributed by atoms with Crippen molar-refractivity contribution in [1.29, 1.82) is 0 Å². The molecule has 48 valence electrons. The van der Waals surface area contributed by atoms with Crippen LogP contribution >= 0.6 is 0 Å². The third-order valence-corrected chi connectivity index (χ3v) is 1.09. The van der Waals surface area contributed by atoms with E-state index in [0.717, 1.165) is 0 Å². The zero-order valence-corrected chi connectivity index (χ0v) is 5.16. The number of hydrogen-bond acceptors (Lipinski definition) is 2. The number of phenols is 1. The number of ether oxygens (including phenoxy) is 1. The zero-order chi connectivity index (χ0) is 6.69. The number of aromatic hydroxyl groups is 1. The maximum Gasteiger partial charge on any atom is 0.160 e. The normalized spacial score (nSPS) is 9.00. The second kappa shape index (κ2) is 2.40. The fraction of sp³-hybridized carbons (Fsp3) is 0.143. The Morgan fingerprint density at radius 3 is 2.44 bits per heavy atom. The van der Waals surface area contributed by atoms with Gasteiger partial charge in [-0.3, -0.25) is 0 Å². The third-order valence-electron chi connectivity index (χ3n) is 1.09. The largest absolute Gasteiger partial charge is 0.504 e. The minimum Gasteiger partial charge on any atom is -0.504 e. The molecule has 0 saturated heterocycles. The van der Waals surface area contributed by atoms with Crippen molar-refractivity contribution in [1.82, 2.24) is 0 Å². The maximum absolute atomic E-state index is 8.99. The van der Waals surface area contributed by atoms with E-state index in [1.165, 1.54) is 7.11 Å². The number of phenolic OH excluding ortho intramolecular Hbond substituents is 1. The topological polar surface area (TPSA) is 29.5 Å². The fourth-order valence-corrected chi connectivity index (χ4v) is 0.630. The summed E-state index contributed by atoms with van der Waals surface area (Å²) in [4.78, 5) is 0. The summed E-state index contributed by atoms with van der Waals surface area (Å²) in [6, 6.07) is 6.84. The van der Waals surface area contributed by atoms with Gasteiger partial charge in [0.15, 0.2) is 11.5 Å². The van der Waals surface area contributed by atoms with Gasteiger partial charge in [-0.05, 0) is 12.1 Å². The standard InChI is InChI=1S/C7H8O2/c1-9-7-5-3-2-4-6(7)8/h2-5,8H,1H3/i1+1. The van der Waals surface area contributed by atoms with Crippen molar-refractivity contribution in [2.75, 3.05) is 7.11 Å². The molecule has 0 heterocycles. The first-order valence-electron chi connectivity index (χ1n) is 2.66.